The van der Waals surface area contributed by atoms with Crippen molar-refractivity contribution in [3.63, 3.8) is 0 Å². The molecule has 0 bridgehead atoms. The maximum atomic E-state index is 11.2. The molecule has 5 atom stereocenters. The second kappa shape index (κ2) is 7.61. The molecule has 0 aromatic heterocycles. The summed E-state index contributed by atoms with van der Waals surface area (Å²) in [6.07, 6.45) is -5.20. The van der Waals surface area contributed by atoms with Gasteiger partial charge in [0.05, 0.1) is 6.04 Å². The number of carbonyl (C=O) groups excluding carboxylic acids is 1. The molecule has 11 heteroatoms. The van der Waals surface area contributed by atoms with Crippen LogP contribution in [0, 0.1) is 5.53 Å². The minimum absolute atomic E-state index is 0.431. The SMILES string of the molecule is CC(=O)N[C@H]1[C@H]([C@H](O)[C@H](O)CN=[N+]=N)OC(C(=O)O)=C[C@@H]1O. The van der Waals surface area contributed by atoms with Crippen LogP contribution >= 0.6 is 0 Å². The van der Waals surface area contributed by atoms with Crippen molar-refractivity contribution in [3.05, 3.63) is 11.8 Å². The molecule has 0 saturated heterocycles. The van der Waals surface area contributed by atoms with Crippen molar-refractivity contribution in [3.8, 4) is 0 Å². The first kappa shape index (κ1) is 17.7. The number of ether oxygens (including phenoxy) is 1. The van der Waals surface area contributed by atoms with Gasteiger partial charge in [0.2, 0.25) is 16.6 Å². The van der Waals surface area contributed by atoms with Gasteiger partial charge >= 0.3 is 5.97 Å². The maximum Gasteiger partial charge on any atom is 0.370 e. The van der Waals surface area contributed by atoms with E-state index in [-0.39, 0.29) is 0 Å². The van der Waals surface area contributed by atoms with Gasteiger partial charge < -0.3 is 30.5 Å². The monoisotopic (exact) mass is 317 g/mol. The lowest BCUT2D eigenvalue weighted by Gasteiger charge is -2.37. The Bertz CT molecular complexity index is 517. The Kier molecular flexibility index (Phi) is 6.13. The molecule has 11 nitrogen and oxygen atoms in total. The van der Waals surface area contributed by atoms with Crippen LogP contribution in [0.4, 0.5) is 0 Å². The fraction of sp³-hybridized carbons (Fsp3) is 0.636. The predicted octanol–water partition coefficient (Wildman–Crippen LogP) is -2.51. The molecule has 0 fully saturated rings. The van der Waals surface area contributed by atoms with E-state index in [2.05, 4.69) is 15.3 Å². The summed E-state index contributed by atoms with van der Waals surface area (Å²) in [5.74, 6) is -2.64. The lowest BCUT2D eigenvalue weighted by atomic mass is 9.93. The molecule has 0 aromatic carbocycles. The Labute approximate surface area is 124 Å². The average Bonchev–Trinajstić information content (AvgIpc) is 2.45. The van der Waals surface area contributed by atoms with Gasteiger partial charge in [-0.2, -0.15) is 0 Å². The van der Waals surface area contributed by atoms with Gasteiger partial charge in [0.15, 0.2) is 12.6 Å². The molecule has 0 saturated carbocycles. The first-order valence-electron chi connectivity index (χ1n) is 6.24. The highest BCUT2D eigenvalue weighted by Crippen LogP contribution is 2.23. The molecule has 1 aliphatic heterocycles. The molecular weight excluding hydrogens is 300 g/mol. The van der Waals surface area contributed by atoms with E-state index in [1.54, 1.807) is 0 Å². The molecule has 0 aromatic rings. The van der Waals surface area contributed by atoms with Crippen LogP contribution in [0.3, 0.4) is 0 Å². The number of rotatable bonds is 6. The third-order valence-electron chi connectivity index (χ3n) is 2.96. The minimum Gasteiger partial charge on any atom is -0.478 e. The molecule has 6 N–H and O–H groups in total. The summed E-state index contributed by atoms with van der Waals surface area (Å²) in [4.78, 5) is 24.8. The van der Waals surface area contributed by atoms with Gasteiger partial charge in [-0.1, -0.05) is 0 Å². The molecule has 122 valence electrons. The van der Waals surface area contributed by atoms with E-state index in [1.165, 1.54) is 0 Å². The van der Waals surface area contributed by atoms with Crippen LogP contribution in [0.1, 0.15) is 6.92 Å². The topological polar surface area (TPSA) is 187 Å². The van der Waals surface area contributed by atoms with E-state index in [0.29, 0.717) is 0 Å². The summed E-state index contributed by atoms with van der Waals surface area (Å²) in [5.41, 5.74) is 6.48. The zero-order valence-corrected chi connectivity index (χ0v) is 11.6. The molecule has 0 spiro atoms. The van der Waals surface area contributed by atoms with Gasteiger partial charge in [0, 0.05) is 6.92 Å². The highest BCUT2D eigenvalue weighted by atomic mass is 16.5. The molecule has 22 heavy (non-hydrogen) atoms. The lowest BCUT2D eigenvalue weighted by molar-refractivity contribution is -0.147. The van der Waals surface area contributed by atoms with Gasteiger partial charge in [-0.3, -0.25) is 4.79 Å². The minimum atomic E-state index is -1.68. The first-order chi connectivity index (χ1) is 10.3. The van der Waals surface area contributed by atoms with Crippen LogP contribution in [-0.2, 0) is 14.3 Å². The fourth-order valence-corrected chi connectivity index (χ4v) is 1.97. The number of amides is 1. The van der Waals surface area contributed by atoms with E-state index in [9.17, 15) is 24.9 Å². The summed E-state index contributed by atoms with van der Waals surface area (Å²) in [5, 5.41) is 44.1. The number of carboxylic acids is 1. The van der Waals surface area contributed by atoms with E-state index >= 15 is 0 Å². The second-order valence-corrected chi connectivity index (χ2v) is 4.62. The van der Waals surface area contributed by atoms with Crippen LogP contribution in [0.2, 0.25) is 0 Å². The maximum absolute atomic E-state index is 11.2. The van der Waals surface area contributed by atoms with E-state index in [4.69, 9.17) is 15.4 Å². The molecule has 0 radical (unpaired) electrons. The second-order valence-electron chi connectivity index (χ2n) is 4.62. The number of nitrogens with zero attached hydrogens (tertiary/aromatic N) is 2. The molecular formula is C11H17N4O7+. The molecule has 0 unspecified atom stereocenters. The number of aliphatic hydroxyl groups is 3. The third-order valence-corrected chi connectivity index (χ3v) is 2.96. The van der Waals surface area contributed by atoms with Crippen LogP contribution in [-0.4, -0.2) is 69.3 Å². The van der Waals surface area contributed by atoms with Crippen molar-refractivity contribution >= 4 is 11.9 Å². The number of aliphatic carboxylic acids is 1. The number of nitrogens with one attached hydrogen (secondary N) is 2. The number of carboxylic acid groups (broad SMARTS) is 1. The van der Waals surface area contributed by atoms with Crippen LogP contribution in [0.25, 0.3) is 0 Å². The predicted molar refractivity (Wildman–Crippen MR) is 68.4 cm³/mol. The van der Waals surface area contributed by atoms with Crippen molar-refractivity contribution in [2.24, 2.45) is 5.11 Å². The van der Waals surface area contributed by atoms with Crippen LogP contribution < -0.4 is 10.2 Å². The largest absolute Gasteiger partial charge is 0.478 e. The number of hydrogen-bond donors (Lipinski definition) is 6. The number of hydrogen-bond acceptors (Lipinski definition) is 8. The van der Waals surface area contributed by atoms with Gasteiger partial charge in [0.25, 0.3) is 0 Å². The molecule has 0 aliphatic carbocycles. The first-order valence-corrected chi connectivity index (χ1v) is 6.24. The lowest BCUT2D eigenvalue weighted by Crippen LogP contribution is -2.59. The van der Waals surface area contributed by atoms with Gasteiger partial charge in [-0.05, 0) is 6.08 Å². The Morgan fingerprint density at radius 3 is 2.68 bits per heavy atom. The molecule has 1 aliphatic rings. The van der Waals surface area contributed by atoms with Crippen molar-refractivity contribution in [1.29, 1.82) is 5.53 Å². The van der Waals surface area contributed by atoms with E-state index < -0.39 is 54.6 Å². The van der Waals surface area contributed by atoms with Crippen molar-refractivity contribution in [2.75, 3.05) is 6.54 Å². The highest BCUT2D eigenvalue weighted by Gasteiger charge is 2.43. The quantitative estimate of drug-likeness (QED) is 0.230. The summed E-state index contributed by atoms with van der Waals surface area (Å²) >= 11 is 0. The van der Waals surface area contributed by atoms with Gasteiger partial charge in [-0.15, -0.1) is 0 Å². The fourth-order valence-electron chi connectivity index (χ4n) is 1.97. The Morgan fingerprint density at radius 1 is 1.55 bits per heavy atom. The zero-order valence-electron chi connectivity index (χ0n) is 11.6. The Morgan fingerprint density at radius 2 is 2.18 bits per heavy atom. The smallest absolute Gasteiger partial charge is 0.370 e. The zero-order chi connectivity index (χ0) is 16.9. The van der Waals surface area contributed by atoms with E-state index in [1.807, 2.05) is 0 Å². The molecule has 1 amide bonds. The summed E-state index contributed by atoms with van der Waals surface area (Å²) < 4.78 is 5.05. The molecule has 1 heterocycles. The Hall–Kier alpha value is -2.33. The Balaban J connectivity index is 3.03. The number of aliphatic hydroxyl groups excluding tert-OH is 3. The summed E-state index contributed by atoms with van der Waals surface area (Å²) in [6.45, 7) is 0.733. The standard InChI is InChI=1S/C11H16N4O7/c1-4(16)14-8-5(17)2-7(11(20)21)22-10(8)9(19)6(18)3-13-15-12/h2,5-6,8-10,12,17-19H,3H2,1H3,(H-,14,16,20,21)/p+1/t5-,6+,8+,9+,10+/m0/s1. The van der Waals surface area contributed by atoms with E-state index in [0.717, 1.165) is 13.0 Å². The van der Waals surface area contributed by atoms with Crippen molar-refractivity contribution in [2.45, 2.75) is 37.4 Å². The van der Waals surface area contributed by atoms with Crippen molar-refractivity contribution in [1.82, 2.24) is 10.2 Å². The van der Waals surface area contributed by atoms with Gasteiger partial charge in [-0.25, -0.2) is 4.79 Å². The van der Waals surface area contributed by atoms with Crippen LogP contribution in [0.15, 0.2) is 16.9 Å². The highest BCUT2D eigenvalue weighted by molar-refractivity contribution is 5.84. The average molecular weight is 317 g/mol. The number of carbonyl (C=O) groups is 2. The van der Waals surface area contributed by atoms with Crippen LogP contribution in [0.5, 0.6) is 0 Å². The summed E-state index contributed by atoms with van der Waals surface area (Å²) in [7, 11) is 0. The normalized spacial score (nSPS) is 26.7. The summed E-state index contributed by atoms with van der Waals surface area (Å²) in [6, 6.07) is -1.17. The van der Waals surface area contributed by atoms with Crippen molar-refractivity contribution < 1.29 is 34.8 Å². The third kappa shape index (κ3) is 4.33. The van der Waals surface area contributed by atoms with Gasteiger partial charge in [0.1, 0.15) is 29.0 Å². The molecule has 1 rings (SSSR count).